The van der Waals surface area contributed by atoms with Gasteiger partial charge < -0.3 is 4.74 Å². The molecule has 0 saturated carbocycles. The van der Waals surface area contributed by atoms with Gasteiger partial charge in [-0.25, -0.2) is 0 Å². The lowest BCUT2D eigenvalue weighted by molar-refractivity contribution is -0.142. The number of ether oxygens (including phenoxy) is 1. The third kappa shape index (κ3) is 1.62. The minimum absolute atomic E-state index is 0.0574. The molecule has 0 aromatic rings. The van der Waals surface area contributed by atoms with Gasteiger partial charge in [-0.05, 0) is 12.0 Å². The van der Waals surface area contributed by atoms with Crippen LogP contribution in [0.15, 0.2) is 5.11 Å². The average Bonchev–Trinajstić information content (AvgIpc) is 2.33. The first-order valence-electron chi connectivity index (χ1n) is 3.52. The first-order chi connectivity index (χ1) is 5.27. The Morgan fingerprint density at radius 2 is 2.64 bits per heavy atom. The second-order valence-electron chi connectivity index (χ2n) is 2.42. The maximum Gasteiger partial charge on any atom is 0.315 e. The van der Waals surface area contributed by atoms with Crippen LogP contribution in [0.4, 0.5) is 0 Å². The van der Waals surface area contributed by atoms with Gasteiger partial charge in [0.2, 0.25) is 0 Å². The van der Waals surface area contributed by atoms with Gasteiger partial charge in [0.1, 0.15) is 12.1 Å². The molecule has 1 rings (SSSR count). The van der Waals surface area contributed by atoms with Crippen LogP contribution in [0.3, 0.4) is 0 Å². The summed E-state index contributed by atoms with van der Waals surface area (Å²) in [5, 5.41) is 3.31. The maximum absolute atomic E-state index is 10.8. The minimum Gasteiger partial charge on any atom is -0.462 e. The molecule has 0 aromatic heterocycles. The SMILES string of the molecule is CCC1CC(N=[N+]=[N-])C(=O)O1. The fourth-order valence-electron chi connectivity index (χ4n) is 1.04. The van der Waals surface area contributed by atoms with E-state index < -0.39 is 12.0 Å². The number of nitrogens with zero attached hydrogens (tertiary/aromatic N) is 3. The Morgan fingerprint density at radius 1 is 1.91 bits per heavy atom. The molecule has 1 fully saturated rings. The van der Waals surface area contributed by atoms with Crippen molar-refractivity contribution < 1.29 is 9.53 Å². The number of hydrogen-bond donors (Lipinski definition) is 0. The van der Waals surface area contributed by atoms with Crippen LogP contribution in [0.25, 0.3) is 10.4 Å². The molecule has 0 bridgehead atoms. The molecular weight excluding hydrogens is 146 g/mol. The molecule has 5 nitrogen and oxygen atoms in total. The van der Waals surface area contributed by atoms with Crippen LogP contribution < -0.4 is 0 Å². The fraction of sp³-hybridized carbons (Fsp3) is 0.833. The molecule has 0 radical (unpaired) electrons. The zero-order valence-electron chi connectivity index (χ0n) is 6.23. The molecular formula is C6H9N3O2. The zero-order chi connectivity index (χ0) is 8.27. The van der Waals surface area contributed by atoms with E-state index in [1.807, 2.05) is 6.92 Å². The summed E-state index contributed by atoms with van der Waals surface area (Å²) in [5.74, 6) is -0.394. The predicted molar refractivity (Wildman–Crippen MR) is 37.7 cm³/mol. The molecule has 1 heterocycles. The van der Waals surface area contributed by atoms with Crippen LogP contribution in [-0.2, 0) is 9.53 Å². The molecule has 0 spiro atoms. The van der Waals surface area contributed by atoms with Crippen LogP contribution in [0, 0.1) is 0 Å². The Hall–Kier alpha value is -1.22. The number of carbonyl (C=O) groups is 1. The normalized spacial score (nSPS) is 29.4. The van der Waals surface area contributed by atoms with E-state index >= 15 is 0 Å². The van der Waals surface area contributed by atoms with Crippen LogP contribution >= 0.6 is 0 Å². The standard InChI is InChI=1S/C6H9N3O2/c1-2-4-3-5(8-9-7)6(10)11-4/h4-5H,2-3H2,1H3. The Morgan fingerprint density at radius 3 is 3.09 bits per heavy atom. The molecule has 2 atom stereocenters. The van der Waals surface area contributed by atoms with Crippen molar-refractivity contribution >= 4 is 5.97 Å². The molecule has 0 amide bonds. The van der Waals surface area contributed by atoms with E-state index in [1.54, 1.807) is 0 Å². The molecule has 2 unspecified atom stereocenters. The highest BCUT2D eigenvalue weighted by Gasteiger charge is 2.32. The van der Waals surface area contributed by atoms with Crippen LogP contribution in [0.5, 0.6) is 0 Å². The summed E-state index contributed by atoms with van der Waals surface area (Å²) in [6.07, 6.45) is 1.25. The number of azide groups is 1. The van der Waals surface area contributed by atoms with Crippen molar-refractivity contribution in [2.45, 2.75) is 31.9 Å². The van der Waals surface area contributed by atoms with E-state index in [1.165, 1.54) is 0 Å². The summed E-state index contributed by atoms with van der Waals surface area (Å²) in [6.45, 7) is 1.93. The maximum atomic E-state index is 10.8. The smallest absolute Gasteiger partial charge is 0.315 e. The van der Waals surface area contributed by atoms with Gasteiger partial charge in [-0.3, -0.25) is 4.79 Å². The lowest BCUT2D eigenvalue weighted by atomic mass is 10.1. The Labute approximate surface area is 64.0 Å². The van der Waals surface area contributed by atoms with E-state index in [4.69, 9.17) is 10.3 Å². The highest BCUT2D eigenvalue weighted by molar-refractivity contribution is 5.78. The molecule has 1 aliphatic heterocycles. The minimum atomic E-state index is -0.593. The predicted octanol–water partition coefficient (Wildman–Crippen LogP) is 1.39. The van der Waals surface area contributed by atoms with Gasteiger partial charge in [0.05, 0.1) is 0 Å². The van der Waals surface area contributed by atoms with Gasteiger partial charge in [0.15, 0.2) is 0 Å². The topological polar surface area (TPSA) is 75.1 Å². The zero-order valence-corrected chi connectivity index (χ0v) is 6.23. The van der Waals surface area contributed by atoms with E-state index in [2.05, 4.69) is 10.0 Å². The average molecular weight is 155 g/mol. The van der Waals surface area contributed by atoms with E-state index in [0.29, 0.717) is 6.42 Å². The molecule has 11 heavy (non-hydrogen) atoms. The van der Waals surface area contributed by atoms with Crippen molar-refractivity contribution in [2.75, 3.05) is 0 Å². The molecule has 0 aromatic carbocycles. The third-order valence-corrected chi connectivity index (χ3v) is 1.69. The van der Waals surface area contributed by atoms with Crippen molar-refractivity contribution in [1.82, 2.24) is 0 Å². The van der Waals surface area contributed by atoms with Crippen molar-refractivity contribution in [1.29, 1.82) is 0 Å². The molecule has 60 valence electrons. The summed E-state index contributed by atoms with van der Waals surface area (Å²) >= 11 is 0. The summed E-state index contributed by atoms with van der Waals surface area (Å²) in [4.78, 5) is 13.4. The number of rotatable bonds is 2. The van der Waals surface area contributed by atoms with Gasteiger partial charge in [-0.15, -0.1) is 0 Å². The molecule has 1 saturated heterocycles. The Kier molecular flexibility index (Phi) is 2.33. The molecule has 0 N–H and O–H groups in total. The highest BCUT2D eigenvalue weighted by Crippen LogP contribution is 2.19. The van der Waals surface area contributed by atoms with Gasteiger partial charge in [0.25, 0.3) is 0 Å². The second kappa shape index (κ2) is 3.25. The number of cyclic esters (lactones) is 1. The third-order valence-electron chi connectivity index (χ3n) is 1.69. The number of carbonyl (C=O) groups excluding carboxylic acids is 1. The first kappa shape index (κ1) is 7.88. The van der Waals surface area contributed by atoms with Crippen LogP contribution in [0.2, 0.25) is 0 Å². The van der Waals surface area contributed by atoms with E-state index in [9.17, 15) is 4.79 Å². The monoisotopic (exact) mass is 155 g/mol. The highest BCUT2D eigenvalue weighted by atomic mass is 16.6. The number of hydrogen-bond acceptors (Lipinski definition) is 3. The van der Waals surface area contributed by atoms with Gasteiger partial charge >= 0.3 is 5.97 Å². The van der Waals surface area contributed by atoms with Crippen molar-refractivity contribution in [3.8, 4) is 0 Å². The number of esters is 1. The van der Waals surface area contributed by atoms with Crippen LogP contribution in [0.1, 0.15) is 19.8 Å². The second-order valence-corrected chi connectivity index (χ2v) is 2.42. The Balaban J connectivity index is 2.58. The van der Waals surface area contributed by atoms with E-state index in [-0.39, 0.29) is 6.10 Å². The summed E-state index contributed by atoms with van der Waals surface area (Å²) < 4.78 is 4.87. The largest absolute Gasteiger partial charge is 0.462 e. The lowest BCUT2D eigenvalue weighted by Crippen LogP contribution is -2.09. The molecule has 1 aliphatic rings. The summed E-state index contributed by atoms with van der Waals surface area (Å²) in [7, 11) is 0. The van der Waals surface area contributed by atoms with Crippen molar-refractivity contribution in [2.24, 2.45) is 5.11 Å². The summed E-state index contributed by atoms with van der Waals surface area (Å²) in [6, 6.07) is -0.593. The van der Waals surface area contributed by atoms with Gasteiger partial charge in [0, 0.05) is 11.3 Å². The lowest BCUT2D eigenvalue weighted by Gasteiger charge is -2.01. The quantitative estimate of drug-likeness (QED) is 0.261. The van der Waals surface area contributed by atoms with Crippen LogP contribution in [-0.4, -0.2) is 18.1 Å². The van der Waals surface area contributed by atoms with Gasteiger partial charge in [-0.1, -0.05) is 12.0 Å². The fourth-order valence-corrected chi connectivity index (χ4v) is 1.04. The van der Waals surface area contributed by atoms with Crippen molar-refractivity contribution in [3.63, 3.8) is 0 Å². The molecule has 5 heteroatoms. The Bertz CT molecular complexity index is 210. The summed E-state index contributed by atoms with van der Waals surface area (Å²) in [5.41, 5.74) is 8.05. The molecule has 0 aliphatic carbocycles. The van der Waals surface area contributed by atoms with E-state index in [0.717, 1.165) is 6.42 Å². The first-order valence-corrected chi connectivity index (χ1v) is 3.52. The van der Waals surface area contributed by atoms with Gasteiger partial charge in [-0.2, -0.15) is 0 Å². The van der Waals surface area contributed by atoms with Crippen molar-refractivity contribution in [3.05, 3.63) is 10.4 Å².